The van der Waals surface area contributed by atoms with Crippen molar-refractivity contribution in [1.82, 2.24) is 15.1 Å². The molecular weight excluding hydrogens is 349 g/mol. The summed E-state index contributed by atoms with van der Waals surface area (Å²) in [6.07, 6.45) is 2.43. The van der Waals surface area contributed by atoms with Crippen LogP contribution in [0.4, 0.5) is 4.39 Å². The summed E-state index contributed by atoms with van der Waals surface area (Å²) in [5, 5.41) is 18.0. The maximum absolute atomic E-state index is 14.0. The smallest absolute Gasteiger partial charge is 0.258 e. The predicted molar refractivity (Wildman–Crippen MR) is 95.4 cm³/mol. The van der Waals surface area contributed by atoms with Crippen LogP contribution in [0.5, 0.6) is 5.75 Å². The van der Waals surface area contributed by atoms with Gasteiger partial charge in [-0.3, -0.25) is 4.79 Å². The van der Waals surface area contributed by atoms with Gasteiger partial charge in [-0.15, -0.1) is 10.2 Å². The van der Waals surface area contributed by atoms with Gasteiger partial charge in [-0.25, -0.2) is 4.39 Å². The summed E-state index contributed by atoms with van der Waals surface area (Å²) in [7, 11) is 0. The Morgan fingerprint density at radius 2 is 1.89 bits per heavy atom. The Bertz CT molecular complexity index is 972. The second-order valence-electron chi connectivity index (χ2n) is 6.45. The van der Waals surface area contributed by atoms with E-state index in [1.54, 1.807) is 41.3 Å². The summed E-state index contributed by atoms with van der Waals surface area (Å²) >= 11 is 0. The fourth-order valence-electron chi connectivity index (χ4n) is 3.35. The van der Waals surface area contributed by atoms with Gasteiger partial charge in [0.15, 0.2) is 0 Å². The first kappa shape index (κ1) is 17.2. The maximum atomic E-state index is 14.0. The number of halogens is 1. The molecule has 0 spiro atoms. The third-order valence-corrected chi connectivity index (χ3v) is 4.73. The van der Waals surface area contributed by atoms with Gasteiger partial charge in [0.05, 0.1) is 11.1 Å². The molecule has 2 aromatic carbocycles. The van der Waals surface area contributed by atoms with E-state index in [9.17, 15) is 14.3 Å². The van der Waals surface area contributed by atoms with Crippen molar-refractivity contribution in [3.63, 3.8) is 0 Å². The molecule has 4 rings (SSSR count). The zero-order valence-corrected chi connectivity index (χ0v) is 14.5. The molecule has 1 amide bonds. The van der Waals surface area contributed by atoms with Gasteiger partial charge in [-0.2, -0.15) is 0 Å². The van der Waals surface area contributed by atoms with Crippen LogP contribution < -0.4 is 0 Å². The lowest BCUT2D eigenvalue weighted by molar-refractivity contribution is 0.0569. The van der Waals surface area contributed by atoms with Crippen LogP contribution in [0.2, 0.25) is 0 Å². The Morgan fingerprint density at radius 3 is 2.70 bits per heavy atom. The van der Waals surface area contributed by atoms with Crippen LogP contribution in [0.15, 0.2) is 52.9 Å². The van der Waals surface area contributed by atoms with Gasteiger partial charge in [-0.1, -0.05) is 24.3 Å². The second-order valence-corrected chi connectivity index (χ2v) is 6.45. The van der Waals surface area contributed by atoms with Crippen molar-refractivity contribution in [1.29, 1.82) is 0 Å². The summed E-state index contributed by atoms with van der Waals surface area (Å²) in [5.74, 6) is -0.438. The molecular formula is C20H18FN3O3. The minimum Gasteiger partial charge on any atom is -0.507 e. The van der Waals surface area contributed by atoms with Crippen molar-refractivity contribution in [2.75, 3.05) is 6.54 Å². The Kier molecular flexibility index (Phi) is 4.58. The largest absolute Gasteiger partial charge is 0.507 e. The standard InChI is InChI=1S/C20H18FN3O3/c21-15-9-3-1-7-13(15)18-22-23-19(27-18)16-10-5-6-12-24(16)20(26)14-8-2-4-11-17(14)25/h1-4,7-9,11,16,25H,5-6,10,12H2/t16-/m0/s1. The first-order chi connectivity index (χ1) is 13.1. The Hall–Kier alpha value is -3.22. The number of likely N-dealkylation sites (tertiary alicyclic amines) is 1. The van der Waals surface area contributed by atoms with Gasteiger partial charge < -0.3 is 14.4 Å². The van der Waals surface area contributed by atoms with Crippen LogP contribution >= 0.6 is 0 Å². The van der Waals surface area contributed by atoms with E-state index in [0.717, 1.165) is 12.8 Å². The van der Waals surface area contributed by atoms with E-state index in [-0.39, 0.29) is 34.6 Å². The molecule has 1 aromatic heterocycles. The third kappa shape index (κ3) is 3.28. The van der Waals surface area contributed by atoms with E-state index < -0.39 is 11.9 Å². The molecule has 0 unspecified atom stereocenters. The molecule has 1 N–H and O–H groups in total. The molecule has 27 heavy (non-hydrogen) atoms. The number of benzene rings is 2. The van der Waals surface area contributed by atoms with Crippen LogP contribution in [0, 0.1) is 5.82 Å². The number of amides is 1. The van der Waals surface area contributed by atoms with Gasteiger partial charge in [0, 0.05) is 6.54 Å². The van der Waals surface area contributed by atoms with E-state index in [4.69, 9.17) is 4.42 Å². The monoisotopic (exact) mass is 367 g/mol. The first-order valence-corrected chi connectivity index (χ1v) is 8.82. The zero-order valence-electron chi connectivity index (χ0n) is 14.5. The highest BCUT2D eigenvalue weighted by Crippen LogP contribution is 2.34. The van der Waals surface area contributed by atoms with E-state index in [1.807, 2.05) is 0 Å². The molecule has 1 fully saturated rings. The van der Waals surface area contributed by atoms with Gasteiger partial charge in [0.25, 0.3) is 11.8 Å². The van der Waals surface area contributed by atoms with Crippen molar-refractivity contribution in [2.24, 2.45) is 0 Å². The van der Waals surface area contributed by atoms with E-state index in [1.165, 1.54) is 12.1 Å². The molecule has 1 atom stereocenters. The van der Waals surface area contributed by atoms with E-state index >= 15 is 0 Å². The number of aromatic nitrogens is 2. The average molecular weight is 367 g/mol. The number of para-hydroxylation sites is 1. The number of phenols is 1. The Labute approximate surface area is 155 Å². The van der Waals surface area contributed by atoms with Gasteiger partial charge in [0.1, 0.15) is 17.6 Å². The van der Waals surface area contributed by atoms with Crippen LogP contribution in [0.1, 0.15) is 41.6 Å². The number of rotatable bonds is 3. The third-order valence-electron chi connectivity index (χ3n) is 4.73. The lowest BCUT2D eigenvalue weighted by Gasteiger charge is -2.33. The number of hydrogen-bond acceptors (Lipinski definition) is 5. The number of carbonyl (C=O) groups excluding carboxylic acids is 1. The SMILES string of the molecule is O=C(c1ccccc1O)N1CCCC[C@H]1c1nnc(-c2ccccc2F)o1. The predicted octanol–water partition coefficient (Wildman–Crippen LogP) is 3.95. The fourth-order valence-corrected chi connectivity index (χ4v) is 3.35. The highest BCUT2D eigenvalue weighted by molar-refractivity contribution is 5.97. The average Bonchev–Trinajstić information content (AvgIpc) is 3.18. The molecule has 0 aliphatic carbocycles. The lowest BCUT2D eigenvalue weighted by Crippen LogP contribution is -2.38. The summed E-state index contributed by atoms with van der Waals surface area (Å²) in [4.78, 5) is 14.6. The minimum absolute atomic E-state index is 0.0654. The highest BCUT2D eigenvalue weighted by atomic mass is 19.1. The van der Waals surface area contributed by atoms with Crippen LogP contribution in [0.25, 0.3) is 11.5 Å². The number of hydrogen-bond donors (Lipinski definition) is 1. The Balaban J connectivity index is 1.65. The van der Waals surface area contributed by atoms with Gasteiger partial charge >= 0.3 is 0 Å². The minimum atomic E-state index is -0.446. The summed E-state index contributed by atoms with van der Waals surface area (Å²) in [6.45, 7) is 0.523. The van der Waals surface area contributed by atoms with Crippen molar-refractivity contribution >= 4 is 5.91 Å². The zero-order chi connectivity index (χ0) is 18.8. The molecule has 1 aliphatic heterocycles. The molecule has 3 aromatic rings. The maximum Gasteiger partial charge on any atom is 0.258 e. The van der Waals surface area contributed by atoms with E-state index in [0.29, 0.717) is 13.0 Å². The normalized spacial score (nSPS) is 17.1. The molecule has 6 nitrogen and oxygen atoms in total. The van der Waals surface area contributed by atoms with Crippen LogP contribution in [-0.4, -0.2) is 32.7 Å². The van der Waals surface area contributed by atoms with E-state index in [2.05, 4.69) is 10.2 Å². The van der Waals surface area contributed by atoms with Crippen molar-refractivity contribution in [3.8, 4) is 17.2 Å². The lowest BCUT2D eigenvalue weighted by atomic mass is 10.0. The van der Waals surface area contributed by atoms with Crippen LogP contribution in [0.3, 0.4) is 0 Å². The van der Waals surface area contributed by atoms with Gasteiger partial charge in [-0.05, 0) is 43.5 Å². The summed E-state index contributed by atoms with van der Waals surface area (Å²) < 4.78 is 19.7. The molecule has 7 heteroatoms. The molecule has 0 radical (unpaired) electrons. The quantitative estimate of drug-likeness (QED) is 0.758. The first-order valence-electron chi connectivity index (χ1n) is 8.82. The number of phenolic OH excluding ortho intramolecular Hbond substituents is 1. The van der Waals surface area contributed by atoms with Crippen molar-refractivity contribution < 1.29 is 18.7 Å². The molecule has 2 heterocycles. The number of carbonyl (C=O) groups is 1. The second kappa shape index (κ2) is 7.19. The Morgan fingerprint density at radius 1 is 1.11 bits per heavy atom. The molecule has 0 saturated carbocycles. The fraction of sp³-hybridized carbons (Fsp3) is 0.250. The van der Waals surface area contributed by atoms with Crippen molar-refractivity contribution in [2.45, 2.75) is 25.3 Å². The van der Waals surface area contributed by atoms with Gasteiger partial charge in [0.2, 0.25) is 5.89 Å². The summed E-state index contributed by atoms with van der Waals surface area (Å²) in [5.41, 5.74) is 0.462. The number of nitrogens with zero attached hydrogens (tertiary/aromatic N) is 3. The van der Waals surface area contributed by atoms with Crippen LogP contribution in [-0.2, 0) is 0 Å². The number of aromatic hydroxyl groups is 1. The molecule has 1 saturated heterocycles. The summed E-state index contributed by atoms with van der Waals surface area (Å²) in [6, 6.07) is 12.2. The van der Waals surface area contributed by atoms with Crippen molar-refractivity contribution in [3.05, 3.63) is 65.8 Å². The molecule has 1 aliphatic rings. The number of piperidine rings is 1. The highest BCUT2D eigenvalue weighted by Gasteiger charge is 2.33. The topological polar surface area (TPSA) is 79.5 Å². The molecule has 138 valence electrons. The molecule has 0 bridgehead atoms.